The SMILES string of the molecule is CCOc1ccc(/C(O)=C2/C(=O)C(=O)N(CCN(C)C)C2c2ccc(O)c(Cl)c2)cc1C. The zero-order valence-corrected chi connectivity index (χ0v) is 19.3. The van der Waals surface area contributed by atoms with Crippen LogP contribution in [-0.2, 0) is 9.59 Å². The number of aliphatic hydroxyl groups excluding tert-OH is 1. The van der Waals surface area contributed by atoms with Gasteiger partial charge < -0.3 is 24.7 Å². The minimum atomic E-state index is -0.833. The van der Waals surface area contributed by atoms with Gasteiger partial charge in [0.1, 0.15) is 17.3 Å². The molecule has 7 nitrogen and oxygen atoms in total. The van der Waals surface area contributed by atoms with Crippen LogP contribution in [0, 0.1) is 6.92 Å². The average Bonchev–Trinajstić information content (AvgIpc) is 3.00. The number of phenols is 1. The average molecular weight is 459 g/mol. The van der Waals surface area contributed by atoms with E-state index in [9.17, 15) is 19.8 Å². The molecule has 170 valence electrons. The van der Waals surface area contributed by atoms with Crippen LogP contribution in [0.5, 0.6) is 11.5 Å². The van der Waals surface area contributed by atoms with E-state index in [1.807, 2.05) is 32.8 Å². The van der Waals surface area contributed by atoms with Crippen molar-refractivity contribution in [3.63, 3.8) is 0 Å². The zero-order chi connectivity index (χ0) is 23.6. The fraction of sp³-hybridized carbons (Fsp3) is 0.333. The molecule has 0 radical (unpaired) electrons. The van der Waals surface area contributed by atoms with Crippen molar-refractivity contribution in [1.29, 1.82) is 0 Å². The summed E-state index contributed by atoms with van der Waals surface area (Å²) in [4.78, 5) is 29.3. The summed E-state index contributed by atoms with van der Waals surface area (Å²) in [5.41, 5.74) is 1.71. The number of hydrogen-bond acceptors (Lipinski definition) is 6. The summed E-state index contributed by atoms with van der Waals surface area (Å²) < 4.78 is 5.55. The first-order valence-corrected chi connectivity index (χ1v) is 10.7. The number of aliphatic hydroxyl groups is 1. The summed E-state index contributed by atoms with van der Waals surface area (Å²) in [6.07, 6.45) is 0. The number of rotatable bonds is 7. The Kier molecular flexibility index (Phi) is 7.11. The molecule has 2 N–H and O–H groups in total. The first kappa shape index (κ1) is 23.6. The summed E-state index contributed by atoms with van der Waals surface area (Å²) in [7, 11) is 3.73. The van der Waals surface area contributed by atoms with Gasteiger partial charge in [-0.2, -0.15) is 0 Å². The maximum Gasteiger partial charge on any atom is 0.295 e. The van der Waals surface area contributed by atoms with Crippen LogP contribution < -0.4 is 4.74 Å². The lowest BCUT2D eigenvalue weighted by Crippen LogP contribution is -2.35. The lowest BCUT2D eigenvalue weighted by molar-refractivity contribution is -0.140. The minimum Gasteiger partial charge on any atom is -0.507 e. The third kappa shape index (κ3) is 4.59. The number of nitrogens with zero attached hydrogens (tertiary/aromatic N) is 2. The van der Waals surface area contributed by atoms with Crippen LogP contribution in [0.25, 0.3) is 5.76 Å². The molecule has 0 aromatic heterocycles. The van der Waals surface area contributed by atoms with E-state index in [0.717, 1.165) is 5.56 Å². The number of likely N-dealkylation sites (N-methyl/N-ethyl adjacent to an activating group) is 1. The predicted molar refractivity (Wildman–Crippen MR) is 123 cm³/mol. The topological polar surface area (TPSA) is 90.3 Å². The molecular formula is C24H27ClN2O5. The number of halogens is 1. The summed E-state index contributed by atoms with van der Waals surface area (Å²) in [6, 6.07) is 8.77. The first-order chi connectivity index (χ1) is 15.1. The van der Waals surface area contributed by atoms with Crippen LogP contribution in [0.3, 0.4) is 0 Å². The van der Waals surface area contributed by atoms with Crippen LogP contribution >= 0.6 is 11.6 Å². The molecule has 2 aromatic carbocycles. The van der Waals surface area contributed by atoms with Gasteiger partial charge in [-0.3, -0.25) is 9.59 Å². The van der Waals surface area contributed by atoms with Gasteiger partial charge in [0.2, 0.25) is 0 Å². The number of carbonyl (C=O) groups is 2. The van der Waals surface area contributed by atoms with Crippen molar-refractivity contribution in [3.05, 3.63) is 63.7 Å². The molecule has 0 spiro atoms. The van der Waals surface area contributed by atoms with E-state index >= 15 is 0 Å². The van der Waals surface area contributed by atoms with E-state index in [0.29, 0.717) is 30.0 Å². The number of likely N-dealkylation sites (tertiary alicyclic amines) is 1. The van der Waals surface area contributed by atoms with Crippen LogP contribution in [-0.4, -0.2) is 65.5 Å². The summed E-state index contributed by atoms with van der Waals surface area (Å²) >= 11 is 6.11. The maximum atomic E-state index is 13.0. The Morgan fingerprint density at radius 2 is 1.91 bits per heavy atom. The molecule has 1 unspecified atom stereocenters. The minimum absolute atomic E-state index is 0.0147. The van der Waals surface area contributed by atoms with E-state index in [1.54, 1.807) is 24.3 Å². The summed E-state index contributed by atoms with van der Waals surface area (Å²) in [6.45, 7) is 5.03. The van der Waals surface area contributed by atoms with Gasteiger partial charge in [0, 0.05) is 18.7 Å². The zero-order valence-electron chi connectivity index (χ0n) is 18.6. The van der Waals surface area contributed by atoms with Crippen LogP contribution in [0.2, 0.25) is 5.02 Å². The number of ether oxygens (including phenoxy) is 1. The highest BCUT2D eigenvalue weighted by Gasteiger charge is 2.46. The highest BCUT2D eigenvalue weighted by molar-refractivity contribution is 6.46. The number of ketones is 1. The van der Waals surface area contributed by atoms with Crippen molar-refractivity contribution in [2.75, 3.05) is 33.8 Å². The highest BCUT2D eigenvalue weighted by atomic mass is 35.5. The standard InChI is InChI=1S/C24H27ClN2O5/c1-5-32-19-9-7-16(12-14(19)2)22(29)20-21(15-6-8-18(28)17(25)13-15)27(11-10-26(3)4)24(31)23(20)30/h6-9,12-13,21,28-29H,5,10-11H2,1-4H3/b22-20-. The lowest BCUT2D eigenvalue weighted by Gasteiger charge is -2.26. The number of carbonyl (C=O) groups excluding carboxylic acids is 2. The van der Waals surface area contributed by atoms with E-state index < -0.39 is 17.7 Å². The largest absolute Gasteiger partial charge is 0.507 e. The van der Waals surface area contributed by atoms with E-state index in [-0.39, 0.29) is 28.6 Å². The van der Waals surface area contributed by atoms with Gasteiger partial charge in [-0.05, 0) is 69.4 Å². The van der Waals surface area contributed by atoms with E-state index in [1.165, 1.54) is 17.0 Å². The smallest absolute Gasteiger partial charge is 0.295 e. The summed E-state index contributed by atoms with van der Waals surface area (Å²) in [5.74, 6) is -1.15. The molecule has 8 heteroatoms. The van der Waals surface area contributed by atoms with Crippen molar-refractivity contribution < 1.29 is 24.5 Å². The Balaban J connectivity index is 2.15. The molecule has 1 saturated heterocycles. The molecule has 0 saturated carbocycles. The Morgan fingerprint density at radius 3 is 2.50 bits per heavy atom. The Hall–Kier alpha value is -3.03. The lowest BCUT2D eigenvalue weighted by atomic mass is 9.94. The van der Waals surface area contributed by atoms with Crippen molar-refractivity contribution in [1.82, 2.24) is 9.80 Å². The number of aromatic hydroxyl groups is 1. The third-order valence-corrected chi connectivity index (χ3v) is 5.67. The van der Waals surface area contributed by atoms with Gasteiger partial charge in [-0.15, -0.1) is 0 Å². The molecular weight excluding hydrogens is 432 g/mol. The molecule has 1 fully saturated rings. The number of hydrogen-bond donors (Lipinski definition) is 2. The fourth-order valence-corrected chi connectivity index (χ4v) is 3.92. The fourth-order valence-electron chi connectivity index (χ4n) is 3.73. The molecule has 1 amide bonds. The van der Waals surface area contributed by atoms with Gasteiger partial charge in [0.15, 0.2) is 0 Å². The first-order valence-electron chi connectivity index (χ1n) is 10.3. The second-order valence-electron chi connectivity index (χ2n) is 7.92. The molecule has 32 heavy (non-hydrogen) atoms. The van der Waals surface area contributed by atoms with Crippen molar-refractivity contribution >= 4 is 29.1 Å². The van der Waals surface area contributed by atoms with Gasteiger partial charge in [0.25, 0.3) is 11.7 Å². The predicted octanol–water partition coefficient (Wildman–Crippen LogP) is 3.74. The number of phenolic OH excluding ortho intramolecular Hbond substituents is 1. The van der Waals surface area contributed by atoms with Crippen molar-refractivity contribution in [2.45, 2.75) is 19.9 Å². The number of Topliss-reactive ketones (excluding diaryl/α,β-unsaturated/α-hetero) is 1. The maximum absolute atomic E-state index is 13.0. The molecule has 1 aliphatic rings. The molecule has 1 heterocycles. The second-order valence-corrected chi connectivity index (χ2v) is 8.33. The molecule has 2 aromatic rings. The Morgan fingerprint density at radius 1 is 1.19 bits per heavy atom. The van der Waals surface area contributed by atoms with E-state index in [4.69, 9.17) is 16.3 Å². The molecule has 0 aliphatic carbocycles. The second kappa shape index (κ2) is 9.63. The molecule has 1 aliphatic heterocycles. The van der Waals surface area contributed by atoms with Crippen LogP contribution in [0.1, 0.15) is 29.7 Å². The van der Waals surface area contributed by atoms with Gasteiger partial charge in [-0.25, -0.2) is 0 Å². The van der Waals surface area contributed by atoms with Gasteiger partial charge >= 0.3 is 0 Å². The third-order valence-electron chi connectivity index (χ3n) is 5.36. The number of amides is 1. The molecule has 1 atom stereocenters. The Bertz CT molecular complexity index is 1080. The molecule has 0 bridgehead atoms. The monoisotopic (exact) mass is 458 g/mol. The van der Waals surface area contributed by atoms with E-state index in [2.05, 4.69) is 0 Å². The quantitative estimate of drug-likeness (QED) is 0.373. The van der Waals surface area contributed by atoms with Crippen molar-refractivity contribution in [2.24, 2.45) is 0 Å². The van der Waals surface area contributed by atoms with Gasteiger partial charge in [-0.1, -0.05) is 17.7 Å². The Labute approximate surface area is 192 Å². The number of benzene rings is 2. The normalized spacial score (nSPS) is 17.9. The van der Waals surface area contributed by atoms with Crippen LogP contribution in [0.4, 0.5) is 0 Å². The van der Waals surface area contributed by atoms with Gasteiger partial charge in [0.05, 0.1) is 23.2 Å². The number of aryl methyl sites for hydroxylation is 1. The van der Waals surface area contributed by atoms with Crippen LogP contribution in [0.15, 0.2) is 42.0 Å². The highest BCUT2D eigenvalue weighted by Crippen LogP contribution is 2.41. The van der Waals surface area contributed by atoms with Crippen molar-refractivity contribution in [3.8, 4) is 11.5 Å². The molecule has 3 rings (SSSR count). The summed E-state index contributed by atoms with van der Waals surface area (Å²) in [5, 5.41) is 21.1.